The Kier molecular flexibility index (Phi) is 2.45. The third-order valence-corrected chi connectivity index (χ3v) is 5.49. The normalized spacial score (nSPS) is 49.7. The van der Waals surface area contributed by atoms with Crippen LogP contribution >= 0.6 is 0 Å². The summed E-state index contributed by atoms with van der Waals surface area (Å²) in [5, 5.41) is 21.4. The predicted octanol–water partition coefficient (Wildman–Crippen LogP) is 1.33. The molecule has 0 spiro atoms. The Morgan fingerprint density at radius 1 is 1.47 bits per heavy atom. The van der Waals surface area contributed by atoms with E-state index in [0.29, 0.717) is 12.0 Å². The van der Waals surface area contributed by atoms with Crippen LogP contribution in [0, 0.1) is 11.3 Å². The molecule has 2 aliphatic carbocycles. The van der Waals surface area contributed by atoms with Gasteiger partial charge < -0.3 is 14.9 Å². The summed E-state index contributed by atoms with van der Waals surface area (Å²) in [4.78, 5) is 12.0. The lowest BCUT2D eigenvalue weighted by molar-refractivity contribution is -0.269. The van der Waals surface area contributed by atoms with E-state index in [-0.39, 0.29) is 31.1 Å². The molecule has 4 atom stereocenters. The van der Waals surface area contributed by atoms with Crippen LogP contribution in [0.5, 0.6) is 0 Å². The van der Waals surface area contributed by atoms with Crippen molar-refractivity contribution in [3.8, 4) is 0 Å². The third kappa shape index (κ3) is 1.42. The lowest BCUT2D eigenvalue weighted by atomic mass is 9.54. The monoisotopic (exact) mass is 264 g/mol. The average Bonchev–Trinajstić information content (AvgIpc) is 2.56. The minimum atomic E-state index is -1.59. The highest BCUT2D eigenvalue weighted by Gasteiger charge is 2.65. The summed E-state index contributed by atoms with van der Waals surface area (Å²) in [5.41, 5.74) is -0.361. The highest BCUT2D eigenvalue weighted by atomic mass is 16.6. The van der Waals surface area contributed by atoms with E-state index in [0.717, 1.165) is 5.57 Å². The van der Waals surface area contributed by atoms with Gasteiger partial charge >= 0.3 is 0 Å². The van der Waals surface area contributed by atoms with Gasteiger partial charge in [0.05, 0.1) is 6.61 Å². The molecule has 2 fully saturated rings. The second-order valence-corrected chi connectivity index (χ2v) is 6.43. The molecule has 19 heavy (non-hydrogen) atoms. The van der Waals surface area contributed by atoms with Crippen LogP contribution < -0.4 is 0 Å². The van der Waals surface area contributed by atoms with E-state index < -0.39 is 16.8 Å². The zero-order valence-electron chi connectivity index (χ0n) is 11.4. The van der Waals surface area contributed by atoms with Crippen molar-refractivity contribution in [2.24, 2.45) is 11.3 Å². The van der Waals surface area contributed by atoms with Crippen LogP contribution in [0.4, 0.5) is 0 Å². The molecule has 1 saturated carbocycles. The summed E-state index contributed by atoms with van der Waals surface area (Å²) < 4.78 is 5.40. The Balaban J connectivity index is 2.10. The molecule has 0 aromatic heterocycles. The van der Waals surface area contributed by atoms with Crippen molar-refractivity contribution >= 4 is 5.78 Å². The molecule has 104 valence electrons. The van der Waals surface area contributed by atoms with Gasteiger partial charge in [-0.1, -0.05) is 32.1 Å². The standard InChI is InChI=1S/C15H20O4/c1-9-7-19-15(18)6-11-4-5-12(16)10(2)13(11,3)8-14(9,15)17/h4,10,17-18H,1,5-8H2,2-3H3/t10-,13+,14+,15-/m0/s1. The second kappa shape index (κ2) is 3.57. The fourth-order valence-corrected chi connectivity index (χ4v) is 3.78. The van der Waals surface area contributed by atoms with Crippen LogP contribution in [0.2, 0.25) is 0 Å². The molecule has 0 aromatic carbocycles. The first-order valence-electron chi connectivity index (χ1n) is 6.72. The highest BCUT2D eigenvalue weighted by Crippen LogP contribution is 2.59. The number of allylic oxidation sites excluding steroid dienone is 1. The van der Waals surface area contributed by atoms with Gasteiger partial charge in [-0.25, -0.2) is 0 Å². The zero-order valence-corrected chi connectivity index (χ0v) is 11.4. The smallest absolute Gasteiger partial charge is 0.203 e. The van der Waals surface area contributed by atoms with Crippen LogP contribution in [-0.4, -0.2) is 34.0 Å². The number of aliphatic hydroxyl groups is 2. The molecule has 1 saturated heterocycles. The Bertz CT molecular complexity index is 508. The molecule has 1 heterocycles. The van der Waals surface area contributed by atoms with Crippen molar-refractivity contribution in [2.45, 2.75) is 44.5 Å². The van der Waals surface area contributed by atoms with Gasteiger partial charge in [-0.3, -0.25) is 4.79 Å². The highest BCUT2D eigenvalue weighted by molar-refractivity contribution is 5.85. The predicted molar refractivity (Wildman–Crippen MR) is 69.2 cm³/mol. The molecule has 3 aliphatic rings. The third-order valence-electron chi connectivity index (χ3n) is 5.49. The average molecular weight is 264 g/mol. The molecule has 1 aliphatic heterocycles. The SMILES string of the molecule is C=C1CO[C@@]2(O)CC3=CCC(=O)[C@H](C)[C@@]3(C)C[C@@]12O. The van der Waals surface area contributed by atoms with Gasteiger partial charge in [0.2, 0.25) is 5.79 Å². The molecule has 4 heteroatoms. The van der Waals surface area contributed by atoms with Crippen LogP contribution in [0.1, 0.15) is 33.1 Å². The first-order chi connectivity index (χ1) is 8.73. The number of ketones is 1. The number of hydrogen-bond donors (Lipinski definition) is 2. The summed E-state index contributed by atoms with van der Waals surface area (Å²) in [6, 6.07) is 0. The Hall–Kier alpha value is -0.970. The van der Waals surface area contributed by atoms with Crippen molar-refractivity contribution in [3.63, 3.8) is 0 Å². The van der Waals surface area contributed by atoms with Gasteiger partial charge in [0, 0.05) is 24.2 Å². The molecule has 2 N–H and O–H groups in total. The number of fused-ring (bicyclic) bond motifs is 2. The van der Waals surface area contributed by atoms with E-state index in [1.54, 1.807) is 0 Å². The van der Waals surface area contributed by atoms with E-state index in [9.17, 15) is 15.0 Å². The maximum Gasteiger partial charge on any atom is 0.203 e. The number of rotatable bonds is 0. The molecular weight excluding hydrogens is 244 g/mol. The van der Waals surface area contributed by atoms with Gasteiger partial charge in [-0.15, -0.1) is 0 Å². The van der Waals surface area contributed by atoms with Crippen molar-refractivity contribution in [2.75, 3.05) is 6.61 Å². The van der Waals surface area contributed by atoms with Gasteiger partial charge in [0.15, 0.2) is 0 Å². The summed E-state index contributed by atoms with van der Waals surface area (Å²) in [6.45, 7) is 7.89. The summed E-state index contributed by atoms with van der Waals surface area (Å²) in [5.74, 6) is -1.56. The van der Waals surface area contributed by atoms with Crippen molar-refractivity contribution in [3.05, 3.63) is 23.8 Å². The summed E-state index contributed by atoms with van der Waals surface area (Å²) >= 11 is 0. The topological polar surface area (TPSA) is 66.8 Å². The van der Waals surface area contributed by atoms with E-state index in [4.69, 9.17) is 4.74 Å². The maximum absolute atomic E-state index is 12.0. The van der Waals surface area contributed by atoms with E-state index in [2.05, 4.69) is 6.58 Å². The molecule has 0 unspecified atom stereocenters. The van der Waals surface area contributed by atoms with Crippen LogP contribution in [-0.2, 0) is 9.53 Å². The summed E-state index contributed by atoms with van der Waals surface area (Å²) in [6.07, 6.45) is 2.83. The fraction of sp³-hybridized carbons (Fsp3) is 0.667. The van der Waals surface area contributed by atoms with Crippen LogP contribution in [0.25, 0.3) is 0 Å². The van der Waals surface area contributed by atoms with Gasteiger partial charge in [-0.2, -0.15) is 0 Å². The Labute approximate surface area is 112 Å². The Morgan fingerprint density at radius 3 is 2.84 bits per heavy atom. The van der Waals surface area contributed by atoms with Gasteiger partial charge in [0.1, 0.15) is 11.4 Å². The van der Waals surface area contributed by atoms with Crippen molar-refractivity contribution in [1.82, 2.24) is 0 Å². The molecule has 0 radical (unpaired) electrons. The largest absolute Gasteiger partial charge is 0.380 e. The Morgan fingerprint density at radius 2 is 2.16 bits per heavy atom. The first kappa shape index (κ1) is 13.0. The van der Waals surface area contributed by atoms with E-state index in [1.807, 2.05) is 19.9 Å². The van der Waals surface area contributed by atoms with Crippen molar-refractivity contribution in [1.29, 1.82) is 0 Å². The second-order valence-electron chi connectivity index (χ2n) is 6.43. The van der Waals surface area contributed by atoms with Crippen LogP contribution in [0.15, 0.2) is 23.8 Å². The number of carbonyl (C=O) groups is 1. The number of Topliss-reactive ketones (excluding diaryl/α,β-unsaturated/α-hetero) is 1. The van der Waals surface area contributed by atoms with E-state index in [1.165, 1.54) is 0 Å². The quantitative estimate of drug-likeness (QED) is 0.648. The minimum Gasteiger partial charge on any atom is -0.380 e. The maximum atomic E-state index is 12.0. The number of ether oxygens (including phenoxy) is 1. The summed E-state index contributed by atoms with van der Waals surface area (Å²) in [7, 11) is 0. The minimum absolute atomic E-state index is 0.158. The molecule has 0 amide bonds. The number of hydrogen-bond acceptors (Lipinski definition) is 4. The van der Waals surface area contributed by atoms with Crippen molar-refractivity contribution < 1.29 is 19.7 Å². The molecular formula is C15H20O4. The fourth-order valence-electron chi connectivity index (χ4n) is 3.78. The number of carbonyl (C=O) groups excluding carboxylic acids is 1. The lowest BCUT2D eigenvalue weighted by Crippen LogP contribution is -2.60. The van der Waals surface area contributed by atoms with Crippen LogP contribution in [0.3, 0.4) is 0 Å². The zero-order chi connectivity index (χ0) is 14.1. The van der Waals surface area contributed by atoms with Gasteiger partial charge in [0.25, 0.3) is 0 Å². The molecule has 4 nitrogen and oxygen atoms in total. The van der Waals surface area contributed by atoms with E-state index >= 15 is 0 Å². The molecule has 0 aromatic rings. The molecule has 3 rings (SSSR count). The first-order valence-corrected chi connectivity index (χ1v) is 6.72. The van der Waals surface area contributed by atoms with Gasteiger partial charge in [-0.05, 0) is 12.0 Å². The molecule has 0 bridgehead atoms. The lowest BCUT2D eigenvalue weighted by Gasteiger charge is -2.53.